The van der Waals surface area contributed by atoms with Crippen LogP contribution in [0.3, 0.4) is 0 Å². The second-order valence-corrected chi connectivity index (χ2v) is 5.31. The van der Waals surface area contributed by atoms with E-state index in [2.05, 4.69) is 15.5 Å². The zero-order valence-corrected chi connectivity index (χ0v) is 8.89. The Kier molecular flexibility index (Phi) is 2.26. The molecule has 0 saturated carbocycles. The van der Waals surface area contributed by atoms with Crippen molar-refractivity contribution < 1.29 is 0 Å². The van der Waals surface area contributed by atoms with Crippen LogP contribution in [0.15, 0.2) is 0 Å². The Morgan fingerprint density at radius 2 is 2.07 bits per heavy atom. The maximum absolute atomic E-state index is 3.54. The molecule has 0 aromatic rings. The average molecular weight is 195 g/mol. The molecule has 3 heterocycles. The molecule has 0 aliphatic carbocycles. The van der Waals surface area contributed by atoms with Crippen LogP contribution in [0.25, 0.3) is 0 Å². The molecule has 3 aliphatic heterocycles. The van der Waals surface area contributed by atoms with Crippen LogP contribution in [0.2, 0.25) is 0 Å². The van der Waals surface area contributed by atoms with Gasteiger partial charge in [0.2, 0.25) is 0 Å². The lowest BCUT2D eigenvalue weighted by atomic mass is 9.78. The topological polar surface area (TPSA) is 27.3 Å². The number of nitrogens with zero attached hydrogens (tertiary/aromatic N) is 1. The molecule has 3 heteroatoms. The lowest BCUT2D eigenvalue weighted by Gasteiger charge is -2.46. The first-order chi connectivity index (χ1) is 6.88. The third kappa shape index (κ3) is 1.47. The van der Waals surface area contributed by atoms with Crippen LogP contribution in [0, 0.1) is 5.41 Å². The summed E-state index contributed by atoms with van der Waals surface area (Å²) in [6, 6.07) is 0.854. The van der Waals surface area contributed by atoms with Crippen LogP contribution in [0.5, 0.6) is 0 Å². The quantitative estimate of drug-likeness (QED) is 0.618. The van der Waals surface area contributed by atoms with Crippen LogP contribution >= 0.6 is 0 Å². The van der Waals surface area contributed by atoms with E-state index in [-0.39, 0.29) is 0 Å². The number of nitrogens with one attached hydrogen (secondary N) is 2. The Bertz CT molecular complexity index is 207. The van der Waals surface area contributed by atoms with Gasteiger partial charge >= 0.3 is 0 Å². The van der Waals surface area contributed by atoms with Gasteiger partial charge in [-0.1, -0.05) is 0 Å². The summed E-state index contributed by atoms with van der Waals surface area (Å²) in [7, 11) is 0. The number of hydrogen-bond donors (Lipinski definition) is 2. The highest BCUT2D eigenvalue weighted by molar-refractivity contribution is 4.97. The smallest absolute Gasteiger partial charge is 0.0345 e. The highest BCUT2D eigenvalue weighted by Crippen LogP contribution is 2.36. The maximum Gasteiger partial charge on any atom is 0.0345 e. The van der Waals surface area contributed by atoms with E-state index in [4.69, 9.17) is 0 Å². The molecule has 1 spiro atoms. The number of piperidine rings is 1. The fraction of sp³-hybridized carbons (Fsp3) is 1.00. The normalized spacial score (nSPS) is 40.3. The number of rotatable bonds is 1. The summed E-state index contributed by atoms with van der Waals surface area (Å²) in [6.45, 7) is 7.66. The zero-order chi connectivity index (χ0) is 9.43. The van der Waals surface area contributed by atoms with E-state index in [0.29, 0.717) is 5.41 Å². The lowest BCUT2D eigenvalue weighted by Crippen LogP contribution is -2.61. The van der Waals surface area contributed by atoms with E-state index in [0.717, 1.165) is 6.04 Å². The van der Waals surface area contributed by atoms with Crippen molar-refractivity contribution in [2.45, 2.75) is 25.3 Å². The molecule has 0 amide bonds. The van der Waals surface area contributed by atoms with Crippen LogP contribution in [-0.2, 0) is 0 Å². The lowest BCUT2D eigenvalue weighted by molar-refractivity contribution is 0.0467. The van der Waals surface area contributed by atoms with Crippen molar-refractivity contribution in [3.05, 3.63) is 0 Å². The first kappa shape index (κ1) is 9.13. The van der Waals surface area contributed by atoms with Crippen molar-refractivity contribution >= 4 is 0 Å². The van der Waals surface area contributed by atoms with Gasteiger partial charge in [-0.2, -0.15) is 0 Å². The Labute approximate surface area is 86.2 Å². The average Bonchev–Trinajstić information content (AvgIpc) is 2.50. The van der Waals surface area contributed by atoms with Gasteiger partial charge in [-0.15, -0.1) is 0 Å². The Balaban J connectivity index is 1.65. The summed E-state index contributed by atoms with van der Waals surface area (Å²) in [4.78, 5) is 2.73. The predicted molar refractivity (Wildman–Crippen MR) is 57.4 cm³/mol. The van der Waals surface area contributed by atoms with Gasteiger partial charge < -0.3 is 10.6 Å². The van der Waals surface area contributed by atoms with Crippen LogP contribution < -0.4 is 10.6 Å². The second kappa shape index (κ2) is 3.47. The van der Waals surface area contributed by atoms with Gasteiger partial charge in [0.1, 0.15) is 0 Å². The third-order valence-electron chi connectivity index (χ3n) is 4.30. The zero-order valence-electron chi connectivity index (χ0n) is 8.89. The Morgan fingerprint density at radius 1 is 1.14 bits per heavy atom. The van der Waals surface area contributed by atoms with Crippen LogP contribution in [-0.4, -0.2) is 50.2 Å². The molecule has 3 aliphatic rings. The molecule has 0 aromatic carbocycles. The molecular weight excluding hydrogens is 174 g/mol. The number of hydrogen-bond acceptors (Lipinski definition) is 3. The van der Waals surface area contributed by atoms with Crippen molar-refractivity contribution in [1.82, 2.24) is 15.5 Å². The Hall–Kier alpha value is -0.120. The predicted octanol–water partition coefficient (Wildman–Crippen LogP) is 0.0337. The summed E-state index contributed by atoms with van der Waals surface area (Å²) in [6.07, 6.45) is 4.28. The summed E-state index contributed by atoms with van der Waals surface area (Å²) in [5.74, 6) is 0. The molecule has 1 atom stereocenters. The number of likely N-dealkylation sites (tertiary alicyclic amines) is 1. The molecule has 1 unspecified atom stereocenters. The van der Waals surface area contributed by atoms with Gasteiger partial charge in [0, 0.05) is 32.2 Å². The van der Waals surface area contributed by atoms with Gasteiger partial charge in [-0.25, -0.2) is 0 Å². The van der Waals surface area contributed by atoms with E-state index < -0.39 is 0 Å². The Morgan fingerprint density at radius 3 is 2.71 bits per heavy atom. The summed E-state index contributed by atoms with van der Waals surface area (Å²) in [5, 5.41) is 6.92. The minimum Gasteiger partial charge on any atom is -0.316 e. The van der Waals surface area contributed by atoms with E-state index >= 15 is 0 Å². The molecule has 0 radical (unpaired) electrons. The summed E-state index contributed by atoms with van der Waals surface area (Å²) >= 11 is 0. The van der Waals surface area contributed by atoms with Crippen molar-refractivity contribution in [3.63, 3.8) is 0 Å². The molecule has 0 aromatic heterocycles. The monoisotopic (exact) mass is 195 g/mol. The molecule has 0 bridgehead atoms. The summed E-state index contributed by atoms with van der Waals surface area (Å²) in [5.41, 5.74) is 0.647. The highest BCUT2D eigenvalue weighted by Gasteiger charge is 2.40. The van der Waals surface area contributed by atoms with E-state index in [1.165, 1.54) is 58.5 Å². The van der Waals surface area contributed by atoms with Crippen molar-refractivity contribution in [2.24, 2.45) is 5.41 Å². The van der Waals surface area contributed by atoms with E-state index in [9.17, 15) is 0 Å². The molecule has 14 heavy (non-hydrogen) atoms. The molecule has 3 nitrogen and oxygen atoms in total. The standard InChI is InChI=1S/C11H21N3/c1-2-11(3-4-12-8-11)9-14(5-1)10-6-13-7-10/h10,12-13H,1-9H2. The second-order valence-electron chi connectivity index (χ2n) is 5.31. The largest absolute Gasteiger partial charge is 0.316 e. The third-order valence-corrected chi connectivity index (χ3v) is 4.30. The summed E-state index contributed by atoms with van der Waals surface area (Å²) < 4.78 is 0. The fourth-order valence-corrected chi connectivity index (χ4v) is 3.23. The molecule has 3 rings (SSSR count). The molecule has 80 valence electrons. The van der Waals surface area contributed by atoms with Crippen molar-refractivity contribution in [3.8, 4) is 0 Å². The minimum absolute atomic E-state index is 0.647. The van der Waals surface area contributed by atoms with Gasteiger partial charge in [0.05, 0.1) is 0 Å². The van der Waals surface area contributed by atoms with Gasteiger partial charge in [0.25, 0.3) is 0 Å². The van der Waals surface area contributed by atoms with Gasteiger partial charge in [0.15, 0.2) is 0 Å². The first-order valence-corrected chi connectivity index (χ1v) is 6.04. The van der Waals surface area contributed by atoms with Crippen molar-refractivity contribution in [2.75, 3.05) is 39.3 Å². The van der Waals surface area contributed by atoms with E-state index in [1.807, 2.05) is 0 Å². The fourth-order valence-electron chi connectivity index (χ4n) is 3.23. The minimum atomic E-state index is 0.647. The van der Waals surface area contributed by atoms with Crippen LogP contribution in [0.1, 0.15) is 19.3 Å². The van der Waals surface area contributed by atoms with Crippen molar-refractivity contribution in [1.29, 1.82) is 0 Å². The molecule has 3 fully saturated rings. The SMILES string of the molecule is C1CN(C2CNC2)CC2(C1)CCNC2. The molecule has 3 saturated heterocycles. The highest BCUT2D eigenvalue weighted by atomic mass is 15.2. The maximum atomic E-state index is 3.54. The molecular formula is C11H21N3. The first-order valence-electron chi connectivity index (χ1n) is 6.04. The van der Waals surface area contributed by atoms with Gasteiger partial charge in [-0.05, 0) is 37.8 Å². The van der Waals surface area contributed by atoms with Crippen LogP contribution in [0.4, 0.5) is 0 Å². The van der Waals surface area contributed by atoms with Gasteiger partial charge in [-0.3, -0.25) is 4.90 Å². The van der Waals surface area contributed by atoms with E-state index in [1.54, 1.807) is 0 Å². The molecule has 2 N–H and O–H groups in total.